The summed E-state index contributed by atoms with van der Waals surface area (Å²) >= 11 is 1.16. The van der Waals surface area contributed by atoms with Crippen LogP contribution < -0.4 is 9.54 Å². The average Bonchev–Trinajstić information content (AvgIpc) is 3.22. The lowest BCUT2D eigenvalue weighted by molar-refractivity contribution is -0.137. The lowest BCUT2D eigenvalue weighted by atomic mass is 10.1. The molecular weight excluding hydrogens is 482 g/mol. The number of phenolic OH excluding ortho intramolecular Hbond substituents is 1. The van der Waals surface area contributed by atoms with E-state index in [1.54, 1.807) is 23.6 Å². The van der Waals surface area contributed by atoms with Crippen molar-refractivity contribution < 1.29 is 27.4 Å². The van der Waals surface area contributed by atoms with E-state index in [1.807, 2.05) is 6.92 Å². The molecule has 5 nitrogen and oxygen atoms in total. The molecule has 3 aromatic carbocycles. The van der Waals surface area contributed by atoms with Crippen molar-refractivity contribution in [2.24, 2.45) is 10.1 Å². The van der Waals surface area contributed by atoms with Crippen molar-refractivity contribution in [3.63, 3.8) is 0 Å². The van der Waals surface area contributed by atoms with Gasteiger partial charge >= 0.3 is 6.18 Å². The van der Waals surface area contributed by atoms with Crippen molar-refractivity contribution in [3.8, 4) is 22.8 Å². The molecule has 0 spiro atoms. The molecule has 35 heavy (non-hydrogen) atoms. The molecule has 0 aliphatic rings. The van der Waals surface area contributed by atoms with E-state index in [4.69, 9.17) is 4.74 Å². The van der Waals surface area contributed by atoms with Crippen LogP contribution in [0.15, 0.2) is 82.2 Å². The summed E-state index contributed by atoms with van der Waals surface area (Å²) in [4.78, 5) is 4.81. The Labute approximate surface area is 201 Å². The second-order valence-corrected chi connectivity index (χ2v) is 8.12. The fourth-order valence-corrected chi connectivity index (χ4v) is 4.03. The molecule has 0 aliphatic heterocycles. The van der Waals surface area contributed by atoms with Crippen LogP contribution in [0.4, 0.5) is 23.2 Å². The molecule has 0 atom stereocenters. The number of thiazole rings is 1. The molecule has 0 unspecified atom stereocenters. The SMILES string of the molecule is CCOc1ccc(/C=N\n2c(-c3cccc(C(F)(F)F)c3)csc2=Nc2ccc(F)cc2)c(O)c1. The Bertz CT molecular complexity index is 1420. The normalized spacial score (nSPS) is 12.4. The highest BCUT2D eigenvalue weighted by atomic mass is 32.1. The van der Waals surface area contributed by atoms with Gasteiger partial charge in [-0.2, -0.15) is 18.3 Å². The summed E-state index contributed by atoms with van der Waals surface area (Å²) in [5, 5.41) is 16.4. The Hall–Kier alpha value is -3.92. The van der Waals surface area contributed by atoms with Crippen molar-refractivity contribution in [1.82, 2.24) is 4.68 Å². The number of hydrogen-bond donors (Lipinski definition) is 1. The zero-order chi connectivity index (χ0) is 25.0. The number of ether oxygens (including phenoxy) is 1. The number of aromatic hydroxyl groups is 1. The molecule has 1 N–H and O–H groups in total. The zero-order valence-corrected chi connectivity index (χ0v) is 19.1. The Morgan fingerprint density at radius 3 is 2.51 bits per heavy atom. The largest absolute Gasteiger partial charge is 0.507 e. The van der Waals surface area contributed by atoms with Gasteiger partial charge in [0, 0.05) is 22.6 Å². The minimum absolute atomic E-state index is 0.0758. The monoisotopic (exact) mass is 501 g/mol. The smallest absolute Gasteiger partial charge is 0.416 e. The lowest BCUT2D eigenvalue weighted by Gasteiger charge is -2.09. The Morgan fingerprint density at radius 1 is 1.06 bits per heavy atom. The molecule has 0 saturated heterocycles. The Kier molecular flexibility index (Phi) is 7.02. The van der Waals surface area contributed by atoms with Gasteiger partial charge in [-0.25, -0.2) is 14.1 Å². The Morgan fingerprint density at radius 2 is 1.83 bits per heavy atom. The van der Waals surface area contributed by atoms with Gasteiger partial charge in [0.05, 0.1) is 29.8 Å². The summed E-state index contributed by atoms with van der Waals surface area (Å²) in [6, 6.07) is 15.1. The van der Waals surface area contributed by atoms with Crippen LogP contribution in [0.3, 0.4) is 0 Å². The fourth-order valence-electron chi connectivity index (χ4n) is 3.18. The molecule has 0 saturated carbocycles. The van der Waals surface area contributed by atoms with Crippen molar-refractivity contribution in [2.45, 2.75) is 13.1 Å². The molecule has 0 bridgehead atoms. The van der Waals surface area contributed by atoms with Crippen LogP contribution in [0, 0.1) is 5.82 Å². The molecule has 0 amide bonds. The van der Waals surface area contributed by atoms with Crippen LogP contribution >= 0.6 is 11.3 Å². The highest BCUT2D eigenvalue weighted by Crippen LogP contribution is 2.32. The predicted octanol–water partition coefficient (Wildman–Crippen LogP) is 6.59. The molecule has 180 valence electrons. The van der Waals surface area contributed by atoms with E-state index in [0.29, 0.717) is 34.1 Å². The molecule has 1 aromatic heterocycles. The summed E-state index contributed by atoms with van der Waals surface area (Å²) in [6.07, 6.45) is -3.13. The summed E-state index contributed by atoms with van der Waals surface area (Å²) in [5.41, 5.74) is 0.665. The standard InChI is InChI=1S/C25H19F4N3O2S/c1-2-34-21-11-6-17(23(33)13-21)14-30-32-22(16-4-3-5-18(12-16)25(27,28)29)15-35-24(32)31-20-9-7-19(26)8-10-20/h3-15,33H,2H2,1H3/b30-14-,31-24?. The van der Waals surface area contributed by atoms with Crippen molar-refractivity contribution >= 4 is 23.2 Å². The summed E-state index contributed by atoms with van der Waals surface area (Å²) in [6.45, 7) is 2.26. The average molecular weight is 502 g/mol. The lowest BCUT2D eigenvalue weighted by Crippen LogP contribution is -2.12. The summed E-state index contributed by atoms with van der Waals surface area (Å²) < 4.78 is 59.9. The number of aromatic nitrogens is 1. The molecule has 0 aliphatic carbocycles. The van der Waals surface area contributed by atoms with Crippen LogP contribution in [0.1, 0.15) is 18.1 Å². The number of halogens is 4. The third-order valence-electron chi connectivity index (χ3n) is 4.85. The van der Waals surface area contributed by atoms with Crippen LogP contribution in [-0.4, -0.2) is 22.6 Å². The molecule has 1 heterocycles. The first kappa shape index (κ1) is 24.2. The zero-order valence-electron chi connectivity index (χ0n) is 18.3. The van der Waals surface area contributed by atoms with Crippen LogP contribution in [0.2, 0.25) is 0 Å². The maximum Gasteiger partial charge on any atom is 0.416 e. The summed E-state index contributed by atoms with van der Waals surface area (Å²) in [5.74, 6) is -0.00758. The van der Waals surface area contributed by atoms with E-state index < -0.39 is 17.6 Å². The third-order valence-corrected chi connectivity index (χ3v) is 5.66. The fraction of sp³-hybridized carbons (Fsp3) is 0.120. The number of hydrogen-bond acceptors (Lipinski definition) is 5. The second kappa shape index (κ2) is 10.1. The number of rotatable bonds is 6. The maximum atomic E-state index is 13.3. The first-order chi connectivity index (χ1) is 16.7. The van der Waals surface area contributed by atoms with E-state index in [9.17, 15) is 22.7 Å². The van der Waals surface area contributed by atoms with E-state index >= 15 is 0 Å². The number of nitrogens with zero attached hydrogens (tertiary/aromatic N) is 3. The van der Waals surface area contributed by atoms with Crippen molar-refractivity contribution in [1.29, 1.82) is 0 Å². The van der Waals surface area contributed by atoms with Gasteiger partial charge in [0.15, 0.2) is 0 Å². The van der Waals surface area contributed by atoms with Gasteiger partial charge < -0.3 is 9.84 Å². The van der Waals surface area contributed by atoms with Crippen LogP contribution in [0.5, 0.6) is 11.5 Å². The van der Waals surface area contributed by atoms with E-state index in [1.165, 1.54) is 47.3 Å². The molecule has 4 aromatic rings. The van der Waals surface area contributed by atoms with Gasteiger partial charge in [-0.1, -0.05) is 12.1 Å². The van der Waals surface area contributed by atoms with E-state index in [-0.39, 0.29) is 11.3 Å². The molecule has 4 rings (SSSR count). The van der Waals surface area contributed by atoms with Gasteiger partial charge in [-0.05, 0) is 55.5 Å². The minimum Gasteiger partial charge on any atom is -0.507 e. The first-order valence-electron chi connectivity index (χ1n) is 10.4. The molecule has 0 fully saturated rings. The number of phenols is 1. The topological polar surface area (TPSA) is 59.1 Å². The second-order valence-electron chi connectivity index (χ2n) is 7.28. The molecular formula is C25H19F4N3O2S. The van der Waals surface area contributed by atoms with Crippen molar-refractivity contribution in [2.75, 3.05) is 6.61 Å². The van der Waals surface area contributed by atoms with Gasteiger partial charge in [0.2, 0.25) is 4.80 Å². The third kappa shape index (κ3) is 5.78. The molecule has 10 heteroatoms. The van der Waals surface area contributed by atoms with Crippen LogP contribution in [0.25, 0.3) is 11.3 Å². The van der Waals surface area contributed by atoms with Gasteiger partial charge in [-0.3, -0.25) is 0 Å². The summed E-state index contributed by atoms with van der Waals surface area (Å²) in [7, 11) is 0. The Balaban J connectivity index is 1.82. The number of alkyl halides is 3. The highest BCUT2D eigenvalue weighted by Gasteiger charge is 2.30. The quantitative estimate of drug-likeness (QED) is 0.239. The predicted molar refractivity (Wildman–Crippen MR) is 127 cm³/mol. The van der Waals surface area contributed by atoms with Crippen LogP contribution in [-0.2, 0) is 6.18 Å². The van der Waals surface area contributed by atoms with Gasteiger partial charge in [-0.15, -0.1) is 11.3 Å². The highest BCUT2D eigenvalue weighted by molar-refractivity contribution is 7.07. The maximum absolute atomic E-state index is 13.3. The van der Waals surface area contributed by atoms with Crippen molar-refractivity contribution in [3.05, 3.63) is 93.9 Å². The van der Waals surface area contributed by atoms with Gasteiger partial charge in [0.25, 0.3) is 0 Å². The van der Waals surface area contributed by atoms with Gasteiger partial charge in [0.1, 0.15) is 17.3 Å². The van der Waals surface area contributed by atoms with E-state index in [0.717, 1.165) is 23.5 Å². The number of benzene rings is 3. The van der Waals surface area contributed by atoms with E-state index in [2.05, 4.69) is 10.1 Å². The minimum atomic E-state index is -4.50. The first-order valence-corrected chi connectivity index (χ1v) is 11.3. The molecule has 0 radical (unpaired) electrons.